The van der Waals surface area contributed by atoms with Crippen LogP contribution in [-0.2, 0) is 69.0 Å². The first kappa shape index (κ1) is 34.8. The molecule has 4 aromatic carbocycles. The molecule has 1 N–H and O–H groups in total. The second-order valence-corrected chi connectivity index (χ2v) is 15.1. The first-order valence-electron chi connectivity index (χ1n) is 16.0. The van der Waals surface area contributed by atoms with E-state index in [-0.39, 0.29) is 35.8 Å². The average Bonchev–Trinajstić information content (AvgIpc) is 3.11. The molecule has 48 heavy (non-hydrogen) atoms. The Bertz CT molecular complexity index is 1580. The fourth-order valence-corrected chi connectivity index (χ4v) is 9.06. The van der Waals surface area contributed by atoms with Gasteiger partial charge in [-0.15, -0.1) is 0 Å². The van der Waals surface area contributed by atoms with E-state index >= 15 is 0 Å². The Kier molecular flexibility index (Phi) is 12.3. The van der Waals surface area contributed by atoms with Gasteiger partial charge in [0.2, 0.25) is 0 Å². The van der Waals surface area contributed by atoms with E-state index in [2.05, 4.69) is 0 Å². The first-order chi connectivity index (χ1) is 23.4. The van der Waals surface area contributed by atoms with Gasteiger partial charge >= 0.3 is 10.4 Å². The Labute approximate surface area is 285 Å². The van der Waals surface area contributed by atoms with Gasteiger partial charge < -0.3 is 23.7 Å². The van der Waals surface area contributed by atoms with Crippen LogP contribution in [0.5, 0.6) is 0 Å². The summed E-state index contributed by atoms with van der Waals surface area (Å²) in [6, 6.07) is 39.5. The Balaban J connectivity index is 1.25. The lowest BCUT2D eigenvalue weighted by atomic mass is 10.1. The Morgan fingerprint density at radius 1 is 0.646 bits per heavy atom. The highest BCUT2D eigenvalue weighted by Crippen LogP contribution is 2.32. The summed E-state index contributed by atoms with van der Waals surface area (Å²) in [5.41, 5.74) is 3.96. The van der Waals surface area contributed by atoms with Crippen LogP contribution in [0.1, 0.15) is 28.5 Å². The lowest BCUT2D eigenvalue weighted by Gasteiger charge is -2.39. The van der Waals surface area contributed by atoms with Crippen LogP contribution in [0, 0.1) is 0 Å². The van der Waals surface area contributed by atoms with E-state index in [9.17, 15) is 13.0 Å². The van der Waals surface area contributed by atoms with E-state index in [0.717, 1.165) is 22.3 Å². The third-order valence-electron chi connectivity index (χ3n) is 8.27. The highest BCUT2D eigenvalue weighted by molar-refractivity contribution is 7.97. The van der Waals surface area contributed by atoms with Gasteiger partial charge in [-0.05, 0) is 27.6 Å². The van der Waals surface area contributed by atoms with Crippen LogP contribution in [0.4, 0.5) is 0 Å². The molecule has 6 rings (SSSR count). The van der Waals surface area contributed by atoms with Crippen molar-refractivity contribution in [2.45, 2.75) is 56.6 Å². The van der Waals surface area contributed by atoms with Gasteiger partial charge in [0.25, 0.3) is 0 Å². The van der Waals surface area contributed by atoms with Gasteiger partial charge in [0.05, 0.1) is 26.4 Å². The molecule has 7 atom stereocenters. The number of benzene rings is 4. The minimum Gasteiger partial charge on any atom is -0.368 e. The maximum Gasteiger partial charge on any atom is 0.397 e. The van der Waals surface area contributed by atoms with Crippen LogP contribution in [-0.4, -0.2) is 67.4 Å². The van der Waals surface area contributed by atoms with Gasteiger partial charge in [-0.3, -0.25) is 4.55 Å². The third-order valence-corrected chi connectivity index (χ3v) is 11.2. The van der Waals surface area contributed by atoms with Gasteiger partial charge in [-0.2, -0.15) is 8.42 Å². The molecule has 0 saturated carbocycles. The van der Waals surface area contributed by atoms with Crippen LogP contribution in [0.15, 0.2) is 121 Å². The molecule has 254 valence electrons. The van der Waals surface area contributed by atoms with Crippen molar-refractivity contribution in [3.63, 3.8) is 0 Å². The number of hydrogen-bond donors (Lipinski definition) is 1. The predicted molar refractivity (Wildman–Crippen MR) is 183 cm³/mol. The molecule has 9 nitrogen and oxygen atoms in total. The molecule has 11 heteroatoms. The summed E-state index contributed by atoms with van der Waals surface area (Å²) >= 11 is 0. The standard InChI is InChI=1S/C37H40O9S2/c38-48(39,40)46-32-24-44-37(31-19-11-4-12-20-31)45-33(32)25-47-26-34(41-21-28-13-5-1-6-14-28)36(43-23-30-17-9-3-10-18-30)35(27-47)42-22-29-15-7-2-8-16-29/h1-20,32-37H,21-27H2/p+1/t32-,33+,34-,35+,36?,37?,47?/m1/s1. The SMILES string of the molecule is O=S(=O)(O)O[C@@H]1COC(c2ccccc2)O[C@H]1C[S+]1C[C@H](OCc2ccccc2)C(OCc2ccccc2)[C@H](OCc2ccccc2)C1. The van der Waals surface area contributed by atoms with Crippen molar-refractivity contribution >= 4 is 21.3 Å². The minimum absolute atomic E-state index is 0.0636. The average molecular weight is 694 g/mol. The second-order valence-electron chi connectivity index (χ2n) is 11.9. The van der Waals surface area contributed by atoms with E-state index in [1.165, 1.54) is 0 Å². The van der Waals surface area contributed by atoms with Crippen LogP contribution < -0.4 is 0 Å². The van der Waals surface area contributed by atoms with Crippen molar-refractivity contribution in [1.29, 1.82) is 0 Å². The Morgan fingerprint density at radius 3 is 1.58 bits per heavy atom. The summed E-state index contributed by atoms with van der Waals surface area (Å²) in [5.74, 6) is 1.74. The summed E-state index contributed by atoms with van der Waals surface area (Å²) in [5, 5.41) is 0. The van der Waals surface area contributed by atoms with E-state index < -0.39 is 28.9 Å². The molecule has 0 spiro atoms. The molecule has 2 saturated heterocycles. The summed E-state index contributed by atoms with van der Waals surface area (Å²) in [6.45, 7) is 1.14. The van der Waals surface area contributed by atoms with E-state index in [1.54, 1.807) is 0 Å². The summed E-state index contributed by atoms with van der Waals surface area (Å²) in [4.78, 5) is 0. The van der Waals surface area contributed by atoms with Crippen molar-refractivity contribution in [2.75, 3.05) is 23.9 Å². The van der Waals surface area contributed by atoms with Gasteiger partial charge in [0, 0.05) is 5.56 Å². The minimum atomic E-state index is -4.75. The van der Waals surface area contributed by atoms with Crippen LogP contribution >= 0.6 is 0 Å². The lowest BCUT2D eigenvalue weighted by molar-refractivity contribution is -0.245. The van der Waals surface area contributed by atoms with Crippen LogP contribution in [0.2, 0.25) is 0 Å². The molecule has 0 amide bonds. The quantitative estimate of drug-likeness (QED) is 0.132. The Hall–Kier alpha value is -3.10. The summed E-state index contributed by atoms with van der Waals surface area (Å²) in [6.07, 6.45) is -3.41. The predicted octanol–water partition coefficient (Wildman–Crippen LogP) is 5.68. The molecule has 2 fully saturated rings. The molecular formula is C37H41O9S2+. The van der Waals surface area contributed by atoms with E-state index in [4.69, 9.17) is 27.9 Å². The van der Waals surface area contributed by atoms with Gasteiger partial charge in [0.1, 0.15) is 47.8 Å². The van der Waals surface area contributed by atoms with Gasteiger partial charge in [-0.1, -0.05) is 121 Å². The summed E-state index contributed by atoms with van der Waals surface area (Å²) < 4.78 is 70.5. The normalized spacial score (nSPS) is 26.2. The maximum atomic E-state index is 11.8. The lowest BCUT2D eigenvalue weighted by Crippen LogP contribution is -2.57. The zero-order chi connectivity index (χ0) is 33.2. The van der Waals surface area contributed by atoms with Crippen LogP contribution in [0.25, 0.3) is 0 Å². The van der Waals surface area contributed by atoms with E-state index in [1.807, 2.05) is 121 Å². The third kappa shape index (κ3) is 10.2. The first-order valence-corrected chi connectivity index (χ1v) is 19.1. The molecule has 0 aromatic heterocycles. The topological polar surface area (TPSA) is 110 Å². The molecule has 2 heterocycles. The number of hydrogen-bond acceptors (Lipinski definition) is 8. The fourth-order valence-electron chi connectivity index (χ4n) is 5.91. The molecule has 3 unspecified atom stereocenters. The van der Waals surface area contributed by atoms with Crippen LogP contribution in [0.3, 0.4) is 0 Å². The largest absolute Gasteiger partial charge is 0.397 e. The zero-order valence-electron chi connectivity index (χ0n) is 26.5. The highest BCUT2D eigenvalue weighted by atomic mass is 32.3. The number of ether oxygens (including phenoxy) is 5. The number of rotatable bonds is 14. The molecule has 0 bridgehead atoms. The van der Waals surface area contributed by atoms with Crippen molar-refractivity contribution < 1.29 is 40.8 Å². The maximum absolute atomic E-state index is 11.8. The summed E-state index contributed by atoms with van der Waals surface area (Å²) in [7, 11) is -5.12. The Morgan fingerprint density at radius 2 is 1.10 bits per heavy atom. The molecule has 2 aliphatic heterocycles. The van der Waals surface area contributed by atoms with Crippen molar-refractivity contribution in [3.8, 4) is 0 Å². The van der Waals surface area contributed by atoms with Gasteiger partial charge in [0.15, 0.2) is 6.29 Å². The van der Waals surface area contributed by atoms with E-state index in [0.29, 0.717) is 37.1 Å². The van der Waals surface area contributed by atoms with Crippen molar-refractivity contribution in [1.82, 2.24) is 0 Å². The van der Waals surface area contributed by atoms with Gasteiger partial charge in [-0.25, -0.2) is 4.18 Å². The zero-order valence-corrected chi connectivity index (χ0v) is 28.1. The molecule has 4 aromatic rings. The fraction of sp³-hybridized carbons (Fsp3) is 0.351. The van der Waals surface area contributed by atoms with Crippen molar-refractivity contribution in [2.24, 2.45) is 0 Å². The highest BCUT2D eigenvalue weighted by Gasteiger charge is 2.49. The van der Waals surface area contributed by atoms with Crippen molar-refractivity contribution in [3.05, 3.63) is 144 Å². The monoisotopic (exact) mass is 693 g/mol. The second kappa shape index (κ2) is 17.0. The smallest absolute Gasteiger partial charge is 0.368 e. The molecular weight excluding hydrogens is 653 g/mol. The molecule has 0 radical (unpaired) electrons. The molecule has 0 aliphatic carbocycles. The molecule has 2 aliphatic rings.